The fraction of sp³-hybridized carbons (Fsp3) is 0.208. The van der Waals surface area contributed by atoms with Gasteiger partial charge in [0.2, 0.25) is 0 Å². The van der Waals surface area contributed by atoms with E-state index in [1.807, 2.05) is 61.0 Å². The molecular formula is C24H22Cl2N4O. The molecule has 5 nitrogen and oxygen atoms in total. The fourth-order valence-corrected chi connectivity index (χ4v) is 4.06. The van der Waals surface area contributed by atoms with Crippen molar-refractivity contribution in [1.29, 1.82) is 0 Å². The van der Waals surface area contributed by atoms with Crippen LogP contribution in [0.1, 0.15) is 27.9 Å². The summed E-state index contributed by atoms with van der Waals surface area (Å²) in [6.45, 7) is 5.19. The van der Waals surface area contributed by atoms with Crippen LogP contribution in [0.3, 0.4) is 0 Å². The van der Waals surface area contributed by atoms with Crippen LogP contribution in [0, 0.1) is 13.8 Å². The number of rotatable bonds is 6. The van der Waals surface area contributed by atoms with Crippen LogP contribution in [-0.2, 0) is 6.54 Å². The number of hydrogen-bond donors (Lipinski definition) is 1. The van der Waals surface area contributed by atoms with Gasteiger partial charge in [-0.1, -0.05) is 41.4 Å². The van der Waals surface area contributed by atoms with E-state index in [1.165, 1.54) is 0 Å². The molecule has 1 N–H and O–H groups in total. The summed E-state index contributed by atoms with van der Waals surface area (Å²) >= 11 is 12.6. The molecule has 0 unspecified atom stereocenters. The maximum atomic E-state index is 13.3. The first-order chi connectivity index (χ1) is 15.0. The molecule has 31 heavy (non-hydrogen) atoms. The van der Waals surface area contributed by atoms with Crippen LogP contribution < -0.4 is 5.32 Å². The average Bonchev–Trinajstić information content (AvgIpc) is 3.27. The average molecular weight is 453 g/mol. The van der Waals surface area contributed by atoms with Crippen molar-refractivity contribution in [2.75, 3.05) is 6.54 Å². The van der Waals surface area contributed by atoms with Gasteiger partial charge in [0, 0.05) is 46.5 Å². The number of imidazole rings is 1. The molecule has 4 rings (SSSR count). The first-order valence-corrected chi connectivity index (χ1v) is 10.8. The predicted octanol–water partition coefficient (Wildman–Crippen LogP) is 5.84. The van der Waals surface area contributed by atoms with Gasteiger partial charge in [0.25, 0.3) is 5.91 Å². The van der Waals surface area contributed by atoms with Gasteiger partial charge in [-0.3, -0.25) is 4.79 Å². The minimum absolute atomic E-state index is 0.125. The smallest absolute Gasteiger partial charge is 0.252 e. The molecule has 0 bridgehead atoms. The Balaban J connectivity index is 1.72. The highest BCUT2D eigenvalue weighted by Crippen LogP contribution is 2.34. The molecule has 1 amide bonds. The third-order valence-electron chi connectivity index (χ3n) is 5.35. The van der Waals surface area contributed by atoms with Gasteiger partial charge >= 0.3 is 0 Å². The minimum atomic E-state index is -0.125. The molecule has 0 aliphatic carbocycles. The van der Waals surface area contributed by atoms with Crippen LogP contribution in [0.4, 0.5) is 0 Å². The van der Waals surface area contributed by atoms with E-state index in [-0.39, 0.29) is 5.91 Å². The zero-order valence-corrected chi connectivity index (χ0v) is 18.8. The largest absolute Gasteiger partial charge is 0.352 e. The maximum absolute atomic E-state index is 13.3. The van der Waals surface area contributed by atoms with Gasteiger partial charge in [-0.05, 0) is 49.6 Å². The van der Waals surface area contributed by atoms with Crippen LogP contribution in [-0.4, -0.2) is 27.0 Å². The number of aryl methyl sites for hydroxylation is 2. The predicted molar refractivity (Wildman–Crippen MR) is 126 cm³/mol. The monoisotopic (exact) mass is 452 g/mol. The number of nitrogens with zero attached hydrogens (tertiary/aromatic N) is 3. The van der Waals surface area contributed by atoms with Crippen LogP contribution in [0.5, 0.6) is 0 Å². The van der Waals surface area contributed by atoms with Crippen molar-refractivity contribution in [3.8, 4) is 11.3 Å². The Kier molecular flexibility index (Phi) is 6.25. The van der Waals surface area contributed by atoms with Gasteiger partial charge < -0.3 is 9.88 Å². The molecule has 2 aromatic carbocycles. The van der Waals surface area contributed by atoms with Crippen molar-refractivity contribution in [2.24, 2.45) is 0 Å². The number of carbonyl (C=O) groups is 1. The van der Waals surface area contributed by atoms with Gasteiger partial charge in [0.15, 0.2) is 0 Å². The van der Waals surface area contributed by atoms with E-state index < -0.39 is 0 Å². The zero-order chi connectivity index (χ0) is 22.0. The molecule has 0 saturated carbocycles. The topological polar surface area (TPSA) is 59.8 Å². The Hall–Kier alpha value is -2.89. The second-order valence-electron chi connectivity index (χ2n) is 7.45. The SMILES string of the molecule is Cc1c(-c2cccc(Cl)c2)nc2c(C)c(Cl)ccc2c1C(=O)NCCCn1ccnc1. The van der Waals surface area contributed by atoms with Crippen molar-refractivity contribution in [1.82, 2.24) is 19.9 Å². The summed E-state index contributed by atoms with van der Waals surface area (Å²) in [6.07, 6.45) is 6.23. The highest BCUT2D eigenvalue weighted by Gasteiger charge is 2.20. The van der Waals surface area contributed by atoms with Crippen LogP contribution >= 0.6 is 23.2 Å². The lowest BCUT2D eigenvalue weighted by Crippen LogP contribution is -2.26. The first-order valence-electron chi connectivity index (χ1n) is 10.0. The minimum Gasteiger partial charge on any atom is -0.352 e. The van der Waals surface area contributed by atoms with E-state index >= 15 is 0 Å². The number of benzene rings is 2. The lowest BCUT2D eigenvalue weighted by Gasteiger charge is -2.16. The molecule has 4 aromatic rings. The van der Waals surface area contributed by atoms with Gasteiger partial charge in [0.1, 0.15) is 0 Å². The summed E-state index contributed by atoms with van der Waals surface area (Å²) < 4.78 is 1.99. The summed E-state index contributed by atoms with van der Waals surface area (Å²) in [6, 6.07) is 11.2. The molecule has 0 aliphatic heterocycles. The molecule has 0 atom stereocenters. The highest BCUT2D eigenvalue weighted by molar-refractivity contribution is 6.32. The number of nitrogens with one attached hydrogen (secondary N) is 1. The summed E-state index contributed by atoms with van der Waals surface area (Å²) in [7, 11) is 0. The van der Waals surface area contributed by atoms with Crippen LogP contribution in [0.2, 0.25) is 10.0 Å². The Morgan fingerprint density at radius 2 is 1.97 bits per heavy atom. The Labute approximate surface area is 191 Å². The number of hydrogen-bond acceptors (Lipinski definition) is 3. The molecule has 7 heteroatoms. The maximum Gasteiger partial charge on any atom is 0.252 e. The molecular weight excluding hydrogens is 431 g/mol. The van der Waals surface area contributed by atoms with E-state index in [2.05, 4.69) is 10.3 Å². The van der Waals surface area contributed by atoms with Crippen molar-refractivity contribution >= 4 is 40.0 Å². The number of halogens is 2. The van der Waals surface area contributed by atoms with Crippen molar-refractivity contribution < 1.29 is 4.79 Å². The molecule has 0 radical (unpaired) electrons. The zero-order valence-electron chi connectivity index (χ0n) is 17.3. The molecule has 2 aromatic heterocycles. The molecule has 158 valence electrons. The summed E-state index contributed by atoms with van der Waals surface area (Å²) in [5.41, 5.74) is 4.57. The Morgan fingerprint density at radius 3 is 2.71 bits per heavy atom. The molecule has 0 aliphatic rings. The summed E-state index contributed by atoms with van der Waals surface area (Å²) in [4.78, 5) is 22.2. The van der Waals surface area contributed by atoms with E-state index in [0.29, 0.717) is 22.2 Å². The quantitative estimate of drug-likeness (QED) is 0.373. The second-order valence-corrected chi connectivity index (χ2v) is 8.29. The fourth-order valence-electron chi connectivity index (χ4n) is 3.72. The highest BCUT2D eigenvalue weighted by atomic mass is 35.5. The number of carbonyl (C=O) groups excluding carboxylic acids is 1. The van der Waals surface area contributed by atoms with Gasteiger partial charge in [-0.2, -0.15) is 0 Å². The Morgan fingerprint density at radius 1 is 1.13 bits per heavy atom. The summed E-state index contributed by atoms with van der Waals surface area (Å²) in [5.74, 6) is -0.125. The first kappa shape index (κ1) is 21.3. The van der Waals surface area contributed by atoms with Gasteiger partial charge in [-0.15, -0.1) is 0 Å². The van der Waals surface area contributed by atoms with Crippen molar-refractivity contribution in [3.63, 3.8) is 0 Å². The number of amides is 1. The molecule has 2 heterocycles. The Bertz CT molecular complexity index is 1250. The lowest BCUT2D eigenvalue weighted by molar-refractivity contribution is 0.0954. The van der Waals surface area contributed by atoms with E-state index in [1.54, 1.807) is 12.5 Å². The van der Waals surface area contributed by atoms with E-state index in [9.17, 15) is 4.79 Å². The molecule has 0 fully saturated rings. The third-order valence-corrected chi connectivity index (χ3v) is 6.00. The van der Waals surface area contributed by atoms with Crippen LogP contribution in [0.15, 0.2) is 55.1 Å². The number of pyridine rings is 1. The lowest BCUT2D eigenvalue weighted by atomic mass is 9.96. The molecule has 0 spiro atoms. The third kappa shape index (κ3) is 4.43. The van der Waals surface area contributed by atoms with E-state index in [0.717, 1.165) is 46.3 Å². The standard InChI is InChI=1S/C24H22Cl2N4O/c1-15-20(26)8-7-19-21(24(31)28-9-4-11-30-12-10-27-14-30)16(2)22(29-23(15)19)17-5-3-6-18(25)13-17/h3,5-8,10,12-14H,4,9,11H2,1-2H3,(H,28,31). The van der Waals surface area contributed by atoms with Crippen molar-refractivity contribution in [3.05, 3.63) is 81.9 Å². The number of fused-ring (bicyclic) bond motifs is 1. The summed E-state index contributed by atoms with van der Waals surface area (Å²) in [5, 5.41) is 5.08. The second kappa shape index (κ2) is 9.08. The number of aromatic nitrogens is 3. The normalized spacial score (nSPS) is 11.1. The van der Waals surface area contributed by atoms with Crippen molar-refractivity contribution in [2.45, 2.75) is 26.8 Å². The van der Waals surface area contributed by atoms with Gasteiger partial charge in [-0.25, -0.2) is 9.97 Å². The van der Waals surface area contributed by atoms with Gasteiger partial charge in [0.05, 0.1) is 23.1 Å². The molecule has 0 saturated heterocycles. The van der Waals surface area contributed by atoms with E-state index in [4.69, 9.17) is 28.2 Å². The van der Waals surface area contributed by atoms with Crippen LogP contribution in [0.25, 0.3) is 22.2 Å².